The van der Waals surface area contributed by atoms with E-state index in [0.29, 0.717) is 13.0 Å². The van der Waals surface area contributed by atoms with Crippen molar-refractivity contribution in [3.8, 4) is 11.1 Å². The summed E-state index contributed by atoms with van der Waals surface area (Å²) in [5, 5.41) is 14.3. The summed E-state index contributed by atoms with van der Waals surface area (Å²) in [6.45, 7) is 2.31. The zero-order chi connectivity index (χ0) is 22.0. The van der Waals surface area contributed by atoms with Gasteiger partial charge >= 0.3 is 12.1 Å². The molecule has 0 bridgehead atoms. The van der Waals surface area contributed by atoms with E-state index in [4.69, 9.17) is 9.84 Å². The number of carbonyl (C=O) groups excluding carboxylic acids is 2. The summed E-state index contributed by atoms with van der Waals surface area (Å²) >= 11 is 0. The number of alkyl carbamates (subject to hydrolysis) is 1. The second kappa shape index (κ2) is 8.79. The van der Waals surface area contributed by atoms with Crippen molar-refractivity contribution in [3.05, 3.63) is 59.7 Å². The number of hydrogen-bond acceptors (Lipinski definition) is 4. The highest BCUT2D eigenvalue weighted by Crippen LogP contribution is 2.44. The van der Waals surface area contributed by atoms with Crippen LogP contribution in [0.15, 0.2) is 48.5 Å². The molecule has 3 atom stereocenters. The van der Waals surface area contributed by atoms with Gasteiger partial charge in [-0.25, -0.2) is 4.79 Å². The molecule has 4 rings (SSSR count). The maximum absolute atomic E-state index is 12.3. The lowest BCUT2D eigenvalue weighted by Gasteiger charge is -2.17. The third-order valence-electron chi connectivity index (χ3n) is 6.00. The number of fused-ring (bicyclic) bond motifs is 3. The van der Waals surface area contributed by atoms with E-state index in [1.54, 1.807) is 6.92 Å². The Balaban J connectivity index is 1.24. The molecule has 2 aliphatic carbocycles. The van der Waals surface area contributed by atoms with Crippen molar-refractivity contribution in [2.24, 2.45) is 11.8 Å². The van der Waals surface area contributed by atoms with Crippen LogP contribution in [0, 0.1) is 11.8 Å². The van der Waals surface area contributed by atoms with Crippen LogP contribution in [0.3, 0.4) is 0 Å². The van der Waals surface area contributed by atoms with E-state index in [9.17, 15) is 14.4 Å². The first-order valence-corrected chi connectivity index (χ1v) is 10.5. The summed E-state index contributed by atoms with van der Waals surface area (Å²) in [5.41, 5.74) is 4.61. The first-order chi connectivity index (χ1) is 14.9. The number of rotatable bonds is 8. The Hall–Kier alpha value is -3.35. The lowest BCUT2D eigenvalue weighted by atomic mass is 9.98. The minimum Gasteiger partial charge on any atom is -0.481 e. The third kappa shape index (κ3) is 4.71. The standard InChI is InChI=1S/C24H26N2O5/c1-14(10-22(27)25-12-15-11-20(15)23(28)29)26-24(30)31-13-21-18-8-4-2-6-16(18)17-7-3-5-9-19(17)21/h2-9,14-15,20-21H,10-13H2,1H3,(H,25,27)(H,26,30)(H,28,29). The first kappa shape index (κ1) is 20.9. The maximum Gasteiger partial charge on any atom is 0.407 e. The van der Waals surface area contributed by atoms with Gasteiger partial charge in [0, 0.05) is 24.9 Å². The number of amides is 2. The molecule has 3 N–H and O–H groups in total. The van der Waals surface area contributed by atoms with E-state index in [1.165, 1.54) is 0 Å². The topological polar surface area (TPSA) is 105 Å². The molecular formula is C24H26N2O5. The predicted octanol–water partition coefficient (Wildman–Crippen LogP) is 3.14. The number of carboxylic acid groups (broad SMARTS) is 1. The zero-order valence-corrected chi connectivity index (χ0v) is 17.3. The molecule has 0 aromatic heterocycles. The molecule has 162 valence electrons. The minimum absolute atomic E-state index is 0.00634. The van der Waals surface area contributed by atoms with Gasteiger partial charge in [-0.3, -0.25) is 9.59 Å². The van der Waals surface area contributed by atoms with Crippen LogP contribution in [-0.2, 0) is 14.3 Å². The van der Waals surface area contributed by atoms with Gasteiger partial charge in [0.05, 0.1) is 5.92 Å². The molecular weight excluding hydrogens is 396 g/mol. The second-order valence-electron chi connectivity index (χ2n) is 8.32. The molecule has 1 saturated carbocycles. The van der Waals surface area contributed by atoms with Crippen LogP contribution in [0.25, 0.3) is 11.1 Å². The van der Waals surface area contributed by atoms with Gasteiger partial charge in [-0.2, -0.15) is 0 Å². The fourth-order valence-electron chi connectivity index (χ4n) is 4.26. The monoisotopic (exact) mass is 422 g/mol. The van der Waals surface area contributed by atoms with Crippen molar-refractivity contribution < 1.29 is 24.2 Å². The summed E-state index contributed by atoms with van der Waals surface area (Å²) in [6.07, 6.45) is 0.146. The minimum atomic E-state index is -0.815. The van der Waals surface area contributed by atoms with E-state index >= 15 is 0 Å². The van der Waals surface area contributed by atoms with E-state index in [1.807, 2.05) is 24.3 Å². The molecule has 31 heavy (non-hydrogen) atoms. The Kier molecular flexibility index (Phi) is 5.93. The molecule has 0 spiro atoms. The molecule has 0 aliphatic heterocycles. The number of benzene rings is 2. The molecule has 1 fully saturated rings. The summed E-state index contributed by atoms with van der Waals surface area (Å²) < 4.78 is 5.49. The highest BCUT2D eigenvalue weighted by Gasteiger charge is 2.43. The van der Waals surface area contributed by atoms with Crippen molar-refractivity contribution in [2.75, 3.05) is 13.2 Å². The number of carboxylic acids is 1. The normalized spacial score (nSPS) is 19.6. The third-order valence-corrected chi connectivity index (χ3v) is 6.00. The van der Waals surface area contributed by atoms with E-state index in [-0.39, 0.29) is 36.7 Å². The molecule has 2 aliphatic rings. The number of hydrogen-bond donors (Lipinski definition) is 3. The predicted molar refractivity (Wildman–Crippen MR) is 115 cm³/mol. The molecule has 0 saturated heterocycles. The Bertz CT molecular complexity index is 959. The smallest absolute Gasteiger partial charge is 0.407 e. The molecule has 3 unspecified atom stereocenters. The lowest BCUT2D eigenvalue weighted by Crippen LogP contribution is -2.38. The summed E-state index contributed by atoms with van der Waals surface area (Å²) in [6, 6.07) is 15.9. The lowest BCUT2D eigenvalue weighted by molar-refractivity contribution is -0.139. The van der Waals surface area contributed by atoms with Gasteiger partial charge in [-0.15, -0.1) is 0 Å². The summed E-state index contributed by atoms with van der Waals surface area (Å²) in [4.78, 5) is 35.1. The fourth-order valence-corrected chi connectivity index (χ4v) is 4.26. The van der Waals surface area contributed by atoms with Gasteiger partial charge in [0.25, 0.3) is 0 Å². The molecule has 7 nitrogen and oxygen atoms in total. The average molecular weight is 422 g/mol. The zero-order valence-electron chi connectivity index (χ0n) is 17.3. The first-order valence-electron chi connectivity index (χ1n) is 10.5. The molecule has 2 aromatic rings. The molecule has 2 aromatic carbocycles. The number of carbonyl (C=O) groups is 3. The maximum atomic E-state index is 12.3. The van der Waals surface area contributed by atoms with Crippen LogP contribution in [0.1, 0.15) is 36.8 Å². The second-order valence-corrected chi connectivity index (χ2v) is 8.32. The Morgan fingerprint density at radius 3 is 2.26 bits per heavy atom. The Morgan fingerprint density at radius 2 is 1.68 bits per heavy atom. The van der Waals surface area contributed by atoms with Gasteiger partial charge in [-0.05, 0) is 41.5 Å². The summed E-state index contributed by atoms with van der Waals surface area (Å²) in [5.74, 6) is -1.40. The van der Waals surface area contributed by atoms with Crippen molar-refractivity contribution in [1.29, 1.82) is 0 Å². The van der Waals surface area contributed by atoms with Gasteiger partial charge in [0.15, 0.2) is 0 Å². The van der Waals surface area contributed by atoms with Crippen molar-refractivity contribution in [1.82, 2.24) is 10.6 Å². The number of ether oxygens (including phenoxy) is 1. The van der Waals surface area contributed by atoms with Crippen LogP contribution in [-0.4, -0.2) is 42.3 Å². The van der Waals surface area contributed by atoms with Gasteiger partial charge < -0.3 is 20.5 Å². The molecule has 2 amide bonds. The van der Waals surface area contributed by atoms with Crippen molar-refractivity contribution >= 4 is 18.0 Å². The number of nitrogens with one attached hydrogen (secondary N) is 2. The molecule has 0 heterocycles. The molecule has 7 heteroatoms. The SMILES string of the molecule is CC(CC(=O)NCC1CC1C(=O)O)NC(=O)OCC1c2ccccc2-c2ccccc21. The van der Waals surface area contributed by atoms with Crippen molar-refractivity contribution in [2.45, 2.75) is 31.7 Å². The van der Waals surface area contributed by atoms with Gasteiger partial charge in [0.1, 0.15) is 6.61 Å². The largest absolute Gasteiger partial charge is 0.481 e. The molecule has 0 radical (unpaired) electrons. The van der Waals surface area contributed by atoms with E-state index in [0.717, 1.165) is 22.3 Å². The van der Waals surface area contributed by atoms with Crippen LogP contribution < -0.4 is 10.6 Å². The quantitative estimate of drug-likeness (QED) is 0.606. The van der Waals surface area contributed by atoms with Gasteiger partial charge in [0.2, 0.25) is 5.91 Å². The number of aliphatic carboxylic acids is 1. The van der Waals surface area contributed by atoms with E-state index < -0.39 is 18.1 Å². The van der Waals surface area contributed by atoms with Crippen LogP contribution in [0.4, 0.5) is 4.79 Å². The van der Waals surface area contributed by atoms with Gasteiger partial charge in [-0.1, -0.05) is 48.5 Å². The summed E-state index contributed by atoms with van der Waals surface area (Å²) in [7, 11) is 0. The van der Waals surface area contributed by atoms with Crippen LogP contribution in [0.2, 0.25) is 0 Å². The highest BCUT2D eigenvalue weighted by molar-refractivity contribution is 5.80. The average Bonchev–Trinajstić information content (AvgIpc) is 3.46. The fraction of sp³-hybridized carbons (Fsp3) is 0.375. The van der Waals surface area contributed by atoms with Crippen LogP contribution >= 0.6 is 0 Å². The highest BCUT2D eigenvalue weighted by atomic mass is 16.5. The van der Waals surface area contributed by atoms with E-state index in [2.05, 4.69) is 34.9 Å². The Labute approximate surface area is 180 Å². The van der Waals surface area contributed by atoms with Crippen molar-refractivity contribution in [3.63, 3.8) is 0 Å². The Morgan fingerprint density at radius 1 is 1.06 bits per heavy atom. The van der Waals surface area contributed by atoms with Crippen LogP contribution in [0.5, 0.6) is 0 Å².